The van der Waals surface area contributed by atoms with Crippen molar-refractivity contribution in [3.8, 4) is 11.5 Å². The summed E-state index contributed by atoms with van der Waals surface area (Å²) in [6.07, 6.45) is 3.98. The van der Waals surface area contributed by atoms with E-state index in [1.54, 1.807) is 6.07 Å². The Labute approximate surface area is 293 Å². The number of amides is 2. The zero-order chi connectivity index (χ0) is 35.2. The van der Waals surface area contributed by atoms with Crippen molar-refractivity contribution in [2.24, 2.45) is 17.8 Å². The summed E-state index contributed by atoms with van der Waals surface area (Å²) < 4.78 is 20.1. The fourth-order valence-corrected chi connectivity index (χ4v) is 8.02. The number of piperidine rings is 1. The summed E-state index contributed by atoms with van der Waals surface area (Å²) in [6.45, 7) is 4.10. The number of nitrogens with zero attached hydrogens (tertiary/aromatic N) is 2. The van der Waals surface area contributed by atoms with Crippen molar-refractivity contribution in [3.05, 3.63) is 113 Å². The zero-order valence-corrected chi connectivity index (χ0v) is 28.6. The number of phenolic OH excluding ortho intramolecular Hbond substituents is 1. The summed E-state index contributed by atoms with van der Waals surface area (Å²) >= 11 is 0. The smallest absolute Gasteiger partial charge is 0.234 e. The van der Waals surface area contributed by atoms with Gasteiger partial charge in [-0.15, -0.1) is 0 Å². The van der Waals surface area contributed by atoms with Crippen molar-refractivity contribution in [3.63, 3.8) is 0 Å². The quantitative estimate of drug-likeness (QED) is 0.147. The van der Waals surface area contributed by atoms with Gasteiger partial charge in [0.25, 0.3) is 0 Å². The van der Waals surface area contributed by atoms with Gasteiger partial charge in [-0.05, 0) is 85.1 Å². The summed E-state index contributed by atoms with van der Waals surface area (Å²) in [7, 11) is 0. The van der Waals surface area contributed by atoms with Crippen LogP contribution in [-0.2, 0) is 16.1 Å². The van der Waals surface area contributed by atoms with Gasteiger partial charge in [0.05, 0.1) is 24.5 Å². The van der Waals surface area contributed by atoms with Crippen LogP contribution in [0.3, 0.4) is 0 Å². The van der Waals surface area contributed by atoms with Gasteiger partial charge in [-0.2, -0.15) is 0 Å². The molecule has 0 saturated carbocycles. The van der Waals surface area contributed by atoms with Gasteiger partial charge >= 0.3 is 0 Å². The molecule has 4 atom stereocenters. The maximum Gasteiger partial charge on any atom is 0.234 e. The normalized spacial score (nSPS) is 22.6. The van der Waals surface area contributed by atoms with E-state index in [0.29, 0.717) is 49.0 Å². The first-order valence-corrected chi connectivity index (χ1v) is 17.8. The van der Waals surface area contributed by atoms with Gasteiger partial charge in [-0.3, -0.25) is 19.4 Å². The minimum Gasteiger partial charge on any atom is -0.505 e. The second kappa shape index (κ2) is 16.1. The number of hydrogen-bond donors (Lipinski definition) is 3. The van der Waals surface area contributed by atoms with E-state index in [-0.39, 0.29) is 37.5 Å². The highest BCUT2D eigenvalue weighted by atomic mass is 19.1. The third-order valence-electron chi connectivity index (χ3n) is 10.6. The van der Waals surface area contributed by atoms with Crippen LogP contribution >= 0.6 is 0 Å². The molecule has 2 saturated heterocycles. The van der Waals surface area contributed by atoms with Crippen molar-refractivity contribution in [1.82, 2.24) is 9.80 Å². The molecule has 2 aliphatic heterocycles. The molecule has 3 aliphatic rings. The van der Waals surface area contributed by atoms with E-state index in [2.05, 4.69) is 17.0 Å². The predicted octanol–water partition coefficient (Wildman–Crippen LogP) is 6.12. The Bertz CT molecular complexity index is 1700. The molecule has 2 fully saturated rings. The number of carbonyl (C=O) groups excluding carboxylic acids is 2. The number of allylic oxidation sites excluding steroid dienone is 1. The molecule has 1 aliphatic carbocycles. The topological polar surface area (TPSA) is 111 Å². The van der Waals surface area contributed by atoms with E-state index in [0.717, 1.165) is 30.8 Å². The van der Waals surface area contributed by atoms with E-state index >= 15 is 0 Å². The molecule has 3 N–H and O–H groups in total. The van der Waals surface area contributed by atoms with Crippen LogP contribution in [0.25, 0.3) is 6.08 Å². The molecule has 0 unspecified atom stereocenters. The zero-order valence-electron chi connectivity index (χ0n) is 28.6. The second-order valence-corrected chi connectivity index (χ2v) is 13.7. The van der Waals surface area contributed by atoms with Crippen LogP contribution in [0.5, 0.6) is 11.5 Å². The summed E-state index contributed by atoms with van der Waals surface area (Å²) in [5.74, 6) is -3.01. The number of aliphatic hydroxyl groups is 2. The first kappa shape index (κ1) is 35.5. The molecule has 3 aromatic rings. The van der Waals surface area contributed by atoms with E-state index in [1.165, 1.54) is 22.6 Å². The van der Waals surface area contributed by atoms with Gasteiger partial charge < -0.3 is 20.1 Å². The van der Waals surface area contributed by atoms with Crippen LogP contribution in [-0.4, -0.2) is 75.4 Å². The molecule has 3 aromatic carbocycles. The third-order valence-corrected chi connectivity index (χ3v) is 10.6. The number of imide groups is 1. The second-order valence-electron chi connectivity index (χ2n) is 13.7. The average molecular weight is 683 g/mol. The van der Waals surface area contributed by atoms with E-state index < -0.39 is 35.4 Å². The number of likely N-dealkylation sites (tertiary alicyclic amines) is 2. The number of aliphatic hydroxyl groups excluding tert-OH is 2. The Balaban J connectivity index is 1.21. The summed E-state index contributed by atoms with van der Waals surface area (Å²) in [5.41, 5.74) is 4.14. The first-order valence-electron chi connectivity index (χ1n) is 17.8. The van der Waals surface area contributed by atoms with Crippen LogP contribution in [0, 0.1) is 23.6 Å². The standard InChI is InChI=1S/C41H47FN2O6/c1-2-27(21-29-14-15-36(46)35(42)22-29)13-16-37(47)38-30(26-50-32-11-7-4-8-12-32)23-33-39(34(38)25-45)41(49)44(40(33)48)31-17-19-43(20-18-31)24-28-9-5-3-6-10-28/h3-12,14-15,21-22,31,33-34,37,39,45-47H,2,13,16-20,23-26H2,1H3/b27-21+/t33-,34+,37-,39-/m1/s1. The third kappa shape index (κ3) is 7.85. The molecule has 0 aromatic heterocycles. The van der Waals surface area contributed by atoms with Crippen molar-refractivity contribution in [2.75, 3.05) is 26.3 Å². The number of benzene rings is 3. The minimum absolute atomic E-state index is 0.124. The lowest BCUT2D eigenvalue weighted by atomic mass is 9.68. The van der Waals surface area contributed by atoms with Crippen LogP contribution in [0.1, 0.15) is 56.6 Å². The van der Waals surface area contributed by atoms with Gasteiger partial charge in [0.15, 0.2) is 11.6 Å². The molecular formula is C41H47FN2O6. The van der Waals surface area contributed by atoms with Crippen LogP contribution in [0.4, 0.5) is 4.39 Å². The molecule has 8 nitrogen and oxygen atoms in total. The van der Waals surface area contributed by atoms with Gasteiger partial charge in [-0.25, -0.2) is 4.39 Å². The van der Waals surface area contributed by atoms with Gasteiger partial charge in [0.1, 0.15) is 12.4 Å². The Morgan fingerprint density at radius 1 is 1.00 bits per heavy atom. The Kier molecular flexibility index (Phi) is 11.5. The summed E-state index contributed by atoms with van der Waals surface area (Å²) in [5, 5.41) is 32.3. The van der Waals surface area contributed by atoms with Crippen LogP contribution < -0.4 is 4.74 Å². The fraction of sp³-hybridized carbons (Fsp3) is 0.415. The number of ether oxygens (including phenoxy) is 1. The minimum atomic E-state index is -0.993. The molecular weight excluding hydrogens is 635 g/mol. The van der Waals surface area contributed by atoms with Gasteiger partial charge in [0, 0.05) is 31.6 Å². The molecule has 0 bridgehead atoms. The Morgan fingerprint density at radius 3 is 2.36 bits per heavy atom. The molecule has 0 spiro atoms. The van der Waals surface area contributed by atoms with Crippen molar-refractivity contribution >= 4 is 17.9 Å². The van der Waals surface area contributed by atoms with Gasteiger partial charge in [-0.1, -0.05) is 73.2 Å². The monoisotopic (exact) mass is 682 g/mol. The van der Waals surface area contributed by atoms with Crippen molar-refractivity contribution < 1.29 is 34.0 Å². The number of aromatic hydroxyl groups is 1. The summed E-state index contributed by atoms with van der Waals surface area (Å²) in [6, 6.07) is 23.6. The highest BCUT2D eigenvalue weighted by Gasteiger charge is 2.56. The highest BCUT2D eigenvalue weighted by Crippen LogP contribution is 2.47. The van der Waals surface area contributed by atoms with E-state index in [4.69, 9.17) is 4.74 Å². The fourth-order valence-electron chi connectivity index (χ4n) is 8.02. The molecule has 9 heteroatoms. The highest BCUT2D eigenvalue weighted by molar-refractivity contribution is 6.06. The Morgan fingerprint density at radius 2 is 1.70 bits per heavy atom. The van der Waals surface area contributed by atoms with Crippen molar-refractivity contribution in [1.29, 1.82) is 0 Å². The number of halogens is 1. The maximum atomic E-state index is 14.2. The lowest BCUT2D eigenvalue weighted by Gasteiger charge is -2.37. The van der Waals surface area contributed by atoms with Gasteiger partial charge in [0.2, 0.25) is 11.8 Å². The number of phenols is 1. The molecule has 0 radical (unpaired) electrons. The first-order chi connectivity index (χ1) is 24.3. The molecule has 2 heterocycles. The number of para-hydroxylation sites is 1. The van der Waals surface area contributed by atoms with E-state index in [9.17, 15) is 29.3 Å². The number of carbonyl (C=O) groups is 2. The molecule has 50 heavy (non-hydrogen) atoms. The maximum absolute atomic E-state index is 14.2. The predicted molar refractivity (Wildman–Crippen MR) is 189 cm³/mol. The number of rotatable bonds is 13. The summed E-state index contributed by atoms with van der Waals surface area (Å²) in [4.78, 5) is 32.1. The van der Waals surface area contributed by atoms with Crippen LogP contribution in [0.2, 0.25) is 0 Å². The lowest BCUT2D eigenvalue weighted by molar-refractivity contribution is -0.144. The number of hydrogen-bond acceptors (Lipinski definition) is 7. The lowest BCUT2D eigenvalue weighted by Crippen LogP contribution is -2.47. The molecule has 2 amide bonds. The van der Waals surface area contributed by atoms with E-state index in [1.807, 2.05) is 61.5 Å². The molecule has 6 rings (SSSR count). The van der Waals surface area contributed by atoms with Crippen LogP contribution in [0.15, 0.2) is 95.6 Å². The SMILES string of the molecule is CC/C(=C\c1ccc(O)c(F)c1)CC[C@@H](O)C1=C(COc2ccccc2)C[C@H]2C(=O)N(C3CCN(Cc4ccccc4)CC3)C(=O)[C@H]2[C@H]1CO. The van der Waals surface area contributed by atoms with Crippen molar-refractivity contribution in [2.45, 2.75) is 64.1 Å². The molecule has 264 valence electrons. The average Bonchev–Trinajstić information content (AvgIpc) is 3.39. The Hall–Kier alpha value is -4.31. The largest absolute Gasteiger partial charge is 0.505 e. The number of fused-ring (bicyclic) bond motifs is 1.